The maximum absolute atomic E-state index is 10.9. The lowest BCUT2D eigenvalue weighted by molar-refractivity contribution is 0.0570. The summed E-state index contributed by atoms with van der Waals surface area (Å²) in [5, 5.41) is 10.9. The van der Waals surface area contributed by atoms with Crippen LogP contribution in [0.4, 0.5) is 5.69 Å². The minimum atomic E-state index is -0.460. The highest BCUT2D eigenvalue weighted by Gasteiger charge is 2.37. The van der Waals surface area contributed by atoms with Crippen molar-refractivity contribution in [3.05, 3.63) is 47.5 Å². The predicted octanol–water partition coefficient (Wildman–Crippen LogP) is 2.25. The van der Waals surface area contributed by atoms with Crippen molar-refractivity contribution < 1.29 is 19.3 Å². The van der Waals surface area contributed by atoms with Gasteiger partial charge in [0, 0.05) is 32.2 Å². The van der Waals surface area contributed by atoms with Crippen molar-refractivity contribution in [1.82, 2.24) is 4.90 Å². The Kier molecular flexibility index (Phi) is 4.53. The number of methoxy groups -OCH3 is 1. The molecule has 0 unspecified atom stereocenters. The Balaban J connectivity index is 1.28. The maximum atomic E-state index is 10.9. The van der Waals surface area contributed by atoms with Gasteiger partial charge in [-0.2, -0.15) is 0 Å². The first-order chi connectivity index (χ1) is 13.7. The van der Waals surface area contributed by atoms with Gasteiger partial charge >= 0.3 is 0 Å². The van der Waals surface area contributed by atoms with Crippen molar-refractivity contribution in [3.8, 4) is 17.2 Å². The molecule has 1 N–H and O–H groups in total. The molecule has 148 valence electrons. The minimum absolute atomic E-state index is 0.133. The molecule has 1 aliphatic carbocycles. The van der Waals surface area contributed by atoms with E-state index in [1.807, 2.05) is 24.3 Å². The largest absolute Gasteiger partial charge is 0.497 e. The molecule has 5 rings (SSSR count). The molecular formula is C22H26N2O4. The van der Waals surface area contributed by atoms with Gasteiger partial charge in [0.25, 0.3) is 0 Å². The second-order valence-corrected chi connectivity index (χ2v) is 7.61. The Morgan fingerprint density at radius 2 is 1.86 bits per heavy atom. The van der Waals surface area contributed by atoms with Gasteiger partial charge in [-0.05, 0) is 41.8 Å². The smallest absolute Gasteiger partial charge is 0.184 e. The molecule has 0 amide bonds. The molecule has 2 aromatic rings. The molecule has 2 atom stereocenters. The highest BCUT2D eigenvalue weighted by molar-refractivity contribution is 5.65. The van der Waals surface area contributed by atoms with Crippen molar-refractivity contribution in [1.29, 1.82) is 0 Å². The fraction of sp³-hybridized carbons (Fsp3) is 0.455. The first-order valence-corrected chi connectivity index (χ1v) is 9.97. The van der Waals surface area contributed by atoms with Crippen molar-refractivity contribution in [2.75, 3.05) is 51.4 Å². The van der Waals surface area contributed by atoms with Gasteiger partial charge in [-0.25, -0.2) is 0 Å². The van der Waals surface area contributed by atoms with Gasteiger partial charge in [-0.15, -0.1) is 0 Å². The highest BCUT2D eigenvalue weighted by Crippen LogP contribution is 2.41. The fourth-order valence-corrected chi connectivity index (χ4v) is 4.64. The molecule has 1 fully saturated rings. The average Bonchev–Trinajstić information content (AvgIpc) is 3.09. The molecule has 1 saturated heterocycles. The third-order valence-corrected chi connectivity index (χ3v) is 6.13. The molecule has 2 heterocycles. The van der Waals surface area contributed by atoms with E-state index in [0.29, 0.717) is 13.2 Å². The number of aliphatic hydroxyl groups is 1. The lowest BCUT2D eigenvalue weighted by atomic mass is 10.1. The number of anilines is 1. The van der Waals surface area contributed by atoms with Crippen LogP contribution in [-0.2, 0) is 6.42 Å². The summed E-state index contributed by atoms with van der Waals surface area (Å²) in [5.74, 6) is 2.50. The highest BCUT2D eigenvalue weighted by atomic mass is 16.6. The van der Waals surface area contributed by atoms with Crippen molar-refractivity contribution in [3.63, 3.8) is 0 Å². The van der Waals surface area contributed by atoms with Crippen LogP contribution in [0.3, 0.4) is 0 Å². The quantitative estimate of drug-likeness (QED) is 0.879. The molecule has 6 heteroatoms. The van der Waals surface area contributed by atoms with Crippen LogP contribution < -0.4 is 19.1 Å². The van der Waals surface area contributed by atoms with Gasteiger partial charge < -0.3 is 24.2 Å². The zero-order valence-electron chi connectivity index (χ0n) is 16.1. The topological polar surface area (TPSA) is 54.4 Å². The SMILES string of the molecule is COc1ccc2c(c1)[C@H](O)[C@@H](N1CCN(c3cccc4c3OCCO4)CC1)C2. The summed E-state index contributed by atoms with van der Waals surface area (Å²) in [6.45, 7) is 4.84. The number of benzene rings is 2. The summed E-state index contributed by atoms with van der Waals surface area (Å²) < 4.78 is 16.9. The Morgan fingerprint density at radius 3 is 2.68 bits per heavy atom. The zero-order valence-corrected chi connectivity index (χ0v) is 16.1. The van der Waals surface area contributed by atoms with Crippen molar-refractivity contribution >= 4 is 5.69 Å². The Hall–Kier alpha value is -2.44. The Labute approximate surface area is 165 Å². The Morgan fingerprint density at radius 1 is 1.04 bits per heavy atom. The van der Waals surface area contributed by atoms with E-state index in [9.17, 15) is 5.11 Å². The minimum Gasteiger partial charge on any atom is -0.497 e. The molecule has 0 aromatic heterocycles. The van der Waals surface area contributed by atoms with Crippen LogP contribution in [0.5, 0.6) is 17.2 Å². The molecular weight excluding hydrogens is 356 g/mol. The first kappa shape index (κ1) is 17.6. The van der Waals surface area contributed by atoms with E-state index in [2.05, 4.69) is 21.9 Å². The summed E-state index contributed by atoms with van der Waals surface area (Å²) >= 11 is 0. The lowest BCUT2D eigenvalue weighted by Crippen LogP contribution is -2.51. The number of hydrogen-bond acceptors (Lipinski definition) is 6. The van der Waals surface area contributed by atoms with Crippen LogP contribution in [0.1, 0.15) is 17.2 Å². The second kappa shape index (κ2) is 7.18. The summed E-state index contributed by atoms with van der Waals surface area (Å²) in [6, 6.07) is 12.3. The van der Waals surface area contributed by atoms with Gasteiger partial charge in [0.05, 0.1) is 18.9 Å². The van der Waals surface area contributed by atoms with Crippen LogP contribution in [0.2, 0.25) is 0 Å². The molecule has 0 radical (unpaired) electrons. The van der Waals surface area contributed by atoms with Crippen LogP contribution in [-0.4, -0.2) is 62.6 Å². The number of fused-ring (bicyclic) bond motifs is 2. The van der Waals surface area contributed by atoms with Gasteiger partial charge in [-0.1, -0.05) is 12.1 Å². The number of ether oxygens (including phenoxy) is 3. The molecule has 2 aromatic carbocycles. The predicted molar refractivity (Wildman–Crippen MR) is 107 cm³/mol. The molecule has 0 saturated carbocycles. The zero-order chi connectivity index (χ0) is 19.1. The maximum Gasteiger partial charge on any atom is 0.184 e. The number of aliphatic hydroxyl groups excluding tert-OH is 1. The van der Waals surface area contributed by atoms with Crippen molar-refractivity contribution in [2.45, 2.75) is 18.6 Å². The van der Waals surface area contributed by atoms with E-state index in [-0.39, 0.29) is 6.04 Å². The first-order valence-electron chi connectivity index (χ1n) is 9.97. The van der Waals surface area contributed by atoms with E-state index in [4.69, 9.17) is 14.2 Å². The summed E-state index contributed by atoms with van der Waals surface area (Å²) in [6.07, 6.45) is 0.427. The number of hydrogen-bond donors (Lipinski definition) is 1. The summed E-state index contributed by atoms with van der Waals surface area (Å²) in [4.78, 5) is 4.78. The van der Waals surface area contributed by atoms with Crippen molar-refractivity contribution in [2.24, 2.45) is 0 Å². The van der Waals surface area contributed by atoms with E-state index >= 15 is 0 Å². The van der Waals surface area contributed by atoms with Gasteiger partial charge in [0.1, 0.15) is 19.0 Å². The van der Waals surface area contributed by atoms with E-state index in [1.165, 1.54) is 5.56 Å². The van der Waals surface area contributed by atoms with E-state index in [0.717, 1.165) is 61.1 Å². The van der Waals surface area contributed by atoms with Crippen LogP contribution >= 0.6 is 0 Å². The molecule has 3 aliphatic rings. The summed E-state index contributed by atoms with van der Waals surface area (Å²) in [5.41, 5.74) is 3.34. The number of para-hydroxylation sites is 1. The Bertz CT molecular complexity index is 864. The second-order valence-electron chi connectivity index (χ2n) is 7.61. The fourth-order valence-electron chi connectivity index (χ4n) is 4.64. The molecule has 6 nitrogen and oxygen atoms in total. The molecule has 28 heavy (non-hydrogen) atoms. The van der Waals surface area contributed by atoms with Crippen LogP contribution in [0.15, 0.2) is 36.4 Å². The molecule has 2 aliphatic heterocycles. The normalized spacial score (nSPS) is 24.1. The number of piperazine rings is 1. The van der Waals surface area contributed by atoms with E-state index in [1.54, 1.807) is 7.11 Å². The van der Waals surface area contributed by atoms with Gasteiger partial charge in [-0.3, -0.25) is 4.90 Å². The molecule has 0 spiro atoms. The number of nitrogens with zero attached hydrogens (tertiary/aromatic N) is 2. The summed E-state index contributed by atoms with van der Waals surface area (Å²) in [7, 11) is 1.66. The van der Waals surface area contributed by atoms with E-state index < -0.39 is 6.10 Å². The number of rotatable bonds is 3. The van der Waals surface area contributed by atoms with Crippen LogP contribution in [0, 0.1) is 0 Å². The monoisotopic (exact) mass is 382 g/mol. The third kappa shape index (κ3) is 2.97. The van der Waals surface area contributed by atoms with Gasteiger partial charge in [0.2, 0.25) is 0 Å². The molecule has 0 bridgehead atoms. The standard InChI is InChI=1S/C22H26N2O4/c1-26-16-6-5-15-13-19(21(25)17(15)14-16)24-9-7-23(8-10-24)18-3-2-4-20-22(18)28-12-11-27-20/h2-6,14,19,21,25H,7-13H2,1H3/t19-,21-/m0/s1. The lowest BCUT2D eigenvalue weighted by Gasteiger charge is -2.40. The average molecular weight is 382 g/mol. The van der Waals surface area contributed by atoms with Crippen LogP contribution in [0.25, 0.3) is 0 Å². The van der Waals surface area contributed by atoms with Gasteiger partial charge in [0.15, 0.2) is 11.5 Å². The third-order valence-electron chi connectivity index (χ3n) is 6.13.